The van der Waals surface area contributed by atoms with E-state index in [4.69, 9.17) is 4.52 Å². The Morgan fingerprint density at radius 2 is 1.92 bits per heavy atom. The van der Waals surface area contributed by atoms with Crippen LogP contribution in [0, 0.1) is 18.3 Å². The minimum atomic E-state index is 0.453. The lowest BCUT2D eigenvalue weighted by atomic mass is 9.98. The van der Waals surface area contributed by atoms with Crippen LogP contribution in [0.1, 0.15) is 17.3 Å². The van der Waals surface area contributed by atoms with Crippen LogP contribution in [-0.2, 0) is 6.54 Å². The van der Waals surface area contributed by atoms with Gasteiger partial charge in [-0.05, 0) is 29.3 Å². The Labute approximate surface area is 150 Å². The molecule has 0 bridgehead atoms. The Bertz CT molecular complexity index is 1100. The predicted octanol–water partition coefficient (Wildman–Crippen LogP) is 3.83. The van der Waals surface area contributed by atoms with E-state index < -0.39 is 0 Å². The van der Waals surface area contributed by atoms with Crippen molar-refractivity contribution in [3.05, 3.63) is 78.1 Å². The largest absolute Gasteiger partial charge is 0.340 e. The Morgan fingerprint density at radius 1 is 1.08 bits per heavy atom. The van der Waals surface area contributed by atoms with Gasteiger partial charge in [-0.25, -0.2) is 0 Å². The highest BCUT2D eigenvalue weighted by Gasteiger charge is 2.09. The van der Waals surface area contributed by atoms with Gasteiger partial charge in [0.1, 0.15) is 6.54 Å². The van der Waals surface area contributed by atoms with Gasteiger partial charge < -0.3 is 4.52 Å². The second-order valence-electron chi connectivity index (χ2n) is 5.87. The van der Waals surface area contributed by atoms with Crippen LogP contribution < -0.4 is 0 Å². The minimum absolute atomic E-state index is 0.453. The first kappa shape index (κ1) is 15.8. The highest BCUT2D eigenvalue weighted by molar-refractivity contribution is 5.75. The van der Waals surface area contributed by atoms with Crippen molar-refractivity contribution in [1.29, 1.82) is 5.26 Å². The van der Waals surface area contributed by atoms with Crippen molar-refractivity contribution >= 4 is 0 Å². The monoisotopic (exact) mass is 341 g/mol. The molecule has 6 nitrogen and oxygen atoms in total. The molecule has 2 aromatic carbocycles. The topological polar surface area (TPSA) is 80.5 Å². The maximum atomic E-state index is 9.33. The molecule has 4 aromatic rings. The third-order valence-electron chi connectivity index (χ3n) is 4.03. The molecule has 0 saturated heterocycles. The van der Waals surface area contributed by atoms with Crippen LogP contribution in [0.2, 0.25) is 0 Å². The van der Waals surface area contributed by atoms with Crippen molar-refractivity contribution in [2.24, 2.45) is 0 Å². The molecule has 6 heteroatoms. The van der Waals surface area contributed by atoms with Gasteiger partial charge in [-0.1, -0.05) is 41.6 Å². The van der Waals surface area contributed by atoms with Crippen molar-refractivity contribution in [2.45, 2.75) is 13.5 Å². The molecule has 0 fully saturated rings. The molecule has 0 aliphatic carbocycles. The first-order chi connectivity index (χ1) is 12.7. The standard InChI is InChI=1S/C20H15N5O/c1-14-22-20(24-26-14)13-25-10-9-19(23-25)16-7-4-6-15(11-16)18-8-3-2-5-17(18)12-21/h2-11H,13H2,1H3. The van der Waals surface area contributed by atoms with Gasteiger partial charge in [0.25, 0.3) is 0 Å². The van der Waals surface area contributed by atoms with Gasteiger partial charge in [-0.2, -0.15) is 15.3 Å². The van der Waals surface area contributed by atoms with Gasteiger partial charge in [0.2, 0.25) is 5.89 Å². The number of hydrogen-bond acceptors (Lipinski definition) is 5. The number of rotatable bonds is 4. The van der Waals surface area contributed by atoms with E-state index in [0.717, 1.165) is 22.4 Å². The van der Waals surface area contributed by atoms with Crippen LogP contribution in [-0.4, -0.2) is 19.9 Å². The Hall–Kier alpha value is -3.72. The zero-order valence-electron chi connectivity index (χ0n) is 14.1. The molecule has 2 heterocycles. The fraction of sp³-hybridized carbons (Fsp3) is 0.100. The fourth-order valence-corrected chi connectivity index (χ4v) is 2.83. The van der Waals surface area contributed by atoms with Crippen molar-refractivity contribution < 1.29 is 4.52 Å². The van der Waals surface area contributed by atoms with Crippen molar-refractivity contribution in [1.82, 2.24) is 19.9 Å². The van der Waals surface area contributed by atoms with Crippen LogP contribution in [0.25, 0.3) is 22.4 Å². The van der Waals surface area contributed by atoms with Crippen molar-refractivity contribution in [3.8, 4) is 28.5 Å². The molecular formula is C20H15N5O. The van der Waals surface area contributed by atoms with E-state index in [1.54, 1.807) is 11.6 Å². The smallest absolute Gasteiger partial charge is 0.223 e. The summed E-state index contributed by atoms with van der Waals surface area (Å²) in [6.45, 7) is 2.21. The molecule has 0 N–H and O–H groups in total. The summed E-state index contributed by atoms with van der Waals surface area (Å²) in [4.78, 5) is 4.19. The summed E-state index contributed by atoms with van der Waals surface area (Å²) in [5.41, 5.74) is 4.39. The average Bonchev–Trinajstić information content (AvgIpc) is 3.31. The molecule has 0 aliphatic heterocycles. The molecule has 26 heavy (non-hydrogen) atoms. The number of benzene rings is 2. The Balaban J connectivity index is 1.64. The molecule has 4 rings (SSSR count). The minimum Gasteiger partial charge on any atom is -0.340 e. The lowest BCUT2D eigenvalue weighted by molar-refractivity contribution is 0.385. The maximum absolute atomic E-state index is 9.33. The van der Waals surface area contributed by atoms with Gasteiger partial charge >= 0.3 is 0 Å². The fourth-order valence-electron chi connectivity index (χ4n) is 2.83. The lowest BCUT2D eigenvalue weighted by Gasteiger charge is -2.06. The van der Waals surface area contributed by atoms with Crippen LogP contribution >= 0.6 is 0 Å². The maximum Gasteiger partial charge on any atom is 0.223 e. The number of hydrogen-bond donors (Lipinski definition) is 0. The van der Waals surface area contributed by atoms with Gasteiger partial charge in [-0.15, -0.1) is 0 Å². The number of nitrogens with zero attached hydrogens (tertiary/aromatic N) is 5. The third-order valence-corrected chi connectivity index (χ3v) is 4.03. The van der Waals surface area contributed by atoms with E-state index in [2.05, 4.69) is 21.3 Å². The van der Waals surface area contributed by atoms with Gasteiger partial charge in [0.05, 0.1) is 17.3 Å². The first-order valence-electron chi connectivity index (χ1n) is 8.15. The number of aryl methyl sites for hydroxylation is 1. The Morgan fingerprint density at radius 3 is 2.73 bits per heavy atom. The van der Waals surface area contributed by atoms with E-state index >= 15 is 0 Å². The molecule has 0 radical (unpaired) electrons. The molecule has 0 atom stereocenters. The molecule has 0 saturated carbocycles. The second-order valence-corrected chi connectivity index (χ2v) is 5.87. The van der Waals surface area contributed by atoms with Crippen LogP contribution in [0.15, 0.2) is 65.3 Å². The van der Waals surface area contributed by atoms with Gasteiger partial charge in [0.15, 0.2) is 5.82 Å². The van der Waals surface area contributed by atoms with E-state index in [0.29, 0.717) is 23.8 Å². The molecular weight excluding hydrogens is 326 g/mol. The zero-order chi connectivity index (χ0) is 17.9. The summed E-state index contributed by atoms with van der Waals surface area (Å²) in [5, 5.41) is 17.8. The summed E-state index contributed by atoms with van der Waals surface area (Å²) < 4.78 is 6.76. The number of aromatic nitrogens is 4. The summed E-state index contributed by atoms with van der Waals surface area (Å²) in [6, 6.07) is 19.8. The molecule has 0 amide bonds. The normalized spacial score (nSPS) is 10.6. The van der Waals surface area contributed by atoms with E-state index in [1.807, 2.05) is 60.8 Å². The molecule has 126 valence electrons. The van der Waals surface area contributed by atoms with E-state index in [9.17, 15) is 5.26 Å². The molecule has 0 aliphatic rings. The van der Waals surface area contributed by atoms with E-state index in [1.165, 1.54) is 0 Å². The van der Waals surface area contributed by atoms with Crippen molar-refractivity contribution in [3.63, 3.8) is 0 Å². The number of nitriles is 1. The third kappa shape index (κ3) is 3.10. The van der Waals surface area contributed by atoms with Crippen LogP contribution in [0.5, 0.6) is 0 Å². The summed E-state index contributed by atoms with van der Waals surface area (Å²) in [7, 11) is 0. The summed E-state index contributed by atoms with van der Waals surface area (Å²) >= 11 is 0. The predicted molar refractivity (Wildman–Crippen MR) is 96.0 cm³/mol. The molecule has 0 spiro atoms. The average molecular weight is 341 g/mol. The first-order valence-corrected chi connectivity index (χ1v) is 8.15. The SMILES string of the molecule is Cc1nc(Cn2ccc(-c3cccc(-c4ccccc4C#N)c3)n2)no1. The zero-order valence-corrected chi connectivity index (χ0v) is 14.1. The molecule has 0 unspecified atom stereocenters. The van der Waals surface area contributed by atoms with E-state index in [-0.39, 0.29) is 0 Å². The van der Waals surface area contributed by atoms with Gasteiger partial charge in [0, 0.05) is 18.7 Å². The van der Waals surface area contributed by atoms with Crippen LogP contribution in [0.4, 0.5) is 0 Å². The molecule has 2 aromatic heterocycles. The van der Waals surface area contributed by atoms with Crippen LogP contribution in [0.3, 0.4) is 0 Å². The quantitative estimate of drug-likeness (QED) is 0.563. The van der Waals surface area contributed by atoms with Gasteiger partial charge in [-0.3, -0.25) is 4.68 Å². The highest BCUT2D eigenvalue weighted by Crippen LogP contribution is 2.27. The summed E-state index contributed by atoms with van der Waals surface area (Å²) in [5.74, 6) is 1.13. The van der Waals surface area contributed by atoms with Crippen molar-refractivity contribution in [2.75, 3.05) is 0 Å². The lowest BCUT2D eigenvalue weighted by Crippen LogP contribution is -2.02. The Kier molecular flexibility index (Phi) is 4.04. The highest BCUT2D eigenvalue weighted by atomic mass is 16.5. The second kappa shape index (κ2) is 6.65. The summed E-state index contributed by atoms with van der Waals surface area (Å²) in [6.07, 6.45) is 1.89.